The van der Waals surface area contributed by atoms with Crippen molar-refractivity contribution in [1.29, 1.82) is 0 Å². The molecule has 1 fully saturated rings. The molecule has 1 N–H and O–H groups in total. The van der Waals surface area contributed by atoms with Crippen molar-refractivity contribution in [3.05, 3.63) is 5.28 Å². The van der Waals surface area contributed by atoms with Crippen LogP contribution in [-0.4, -0.2) is 40.3 Å². The molecular formula is C11H17ClN4O2. The number of aromatic nitrogens is 3. The lowest BCUT2D eigenvalue weighted by atomic mass is 9.89. The van der Waals surface area contributed by atoms with Gasteiger partial charge in [-0.1, -0.05) is 0 Å². The monoisotopic (exact) mass is 272 g/mol. The van der Waals surface area contributed by atoms with Crippen LogP contribution in [0.3, 0.4) is 0 Å². The highest BCUT2D eigenvalue weighted by Crippen LogP contribution is 2.25. The third-order valence-corrected chi connectivity index (χ3v) is 2.86. The number of halogens is 1. The molecule has 0 aliphatic heterocycles. The van der Waals surface area contributed by atoms with Crippen LogP contribution >= 0.6 is 11.6 Å². The van der Waals surface area contributed by atoms with Gasteiger partial charge in [-0.25, -0.2) is 0 Å². The van der Waals surface area contributed by atoms with Gasteiger partial charge in [-0.3, -0.25) is 0 Å². The number of rotatable bonds is 5. The lowest BCUT2D eigenvalue weighted by Gasteiger charge is -2.34. The van der Waals surface area contributed by atoms with Gasteiger partial charge in [0.2, 0.25) is 11.2 Å². The smallest absolute Gasteiger partial charge is 0.322 e. The van der Waals surface area contributed by atoms with E-state index in [9.17, 15) is 0 Å². The maximum atomic E-state index is 5.83. The van der Waals surface area contributed by atoms with Crippen LogP contribution in [0.25, 0.3) is 0 Å². The molecule has 1 aliphatic rings. The van der Waals surface area contributed by atoms with Gasteiger partial charge in [-0.15, -0.1) is 0 Å². The first-order chi connectivity index (χ1) is 8.56. The Labute approximate surface area is 111 Å². The van der Waals surface area contributed by atoms with Crippen molar-refractivity contribution in [3.8, 4) is 6.01 Å². The minimum atomic E-state index is -0.00195. The Kier molecular flexibility index (Phi) is 4.19. The summed E-state index contributed by atoms with van der Waals surface area (Å²) in [6.45, 7) is 3.81. The molecule has 18 heavy (non-hydrogen) atoms. The molecule has 0 unspecified atom stereocenters. The number of nitrogens with one attached hydrogen (secondary N) is 1. The van der Waals surface area contributed by atoms with Crippen molar-refractivity contribution in [1.82, 2.24) is 15.0 Å². The average Bonchev–Trinajstić information content (AvgIpc) is 2.20. The van der Waals surface area contributed by atoms with E-state index < -0.39 is 0 Å². The van der Waals surface area contributed by atoms with E-state index in [-0.39, 0.29) is 17.4 Å². The fourth-order valence-electron chi connectivity index (χ4n) is 1.72. The van der Waals surface area contributed by atoms with Crippen LogP contribution in [0.5, 0.6) is 6.01 Å². The van der Waals surface area contributed by atoms with E-state index in [2.05, 4.69) is 20.3 Å². The molecule has 0 amide bonds. The van der Waals surface area contributed by atoms with Crippen LogP contribution in [0, 0.1) is 0 Å². The molecule has 1 aliphatic carbocycles. The molecule has 1 aromatic rings. The second-order valence-corrected chi connectivity index (χ2v) is 4.89. The topological polar surface area (TPSA) is 69.2 Å². The summed E-state index contributed by atoms with van der Waals surface area (Å²) in [4.78, 5) is 12.1. The molecule has 6 nitrogen and oxygen atoms in total. The van der Waals surface area contributed by atoms with E-state index in [1.165, 1.54) is 0 Å². The molecule has 0 bridgehead atoms. The fraction of sp³-hybridized carbons (Fsp3) is 0.727. The van der Waals surface area contributed by atoms with Crippen LogP contribution in [0.4, 0.5) is 5.95 Å². The Balaban J connectivity index is 1.97. The van der Waals surface area contributed by atoms with Gasteiger partial charge in [0, 0.05) is 13.2 Å². The zero-order valence-electron chi connectivity index (χ0n) is 10.7. The lowest BCUT2D eigenvalue weighted by molar-refractivity contribution is 0.0327. The lowest BCUT2D eigenvalue weighted by Crippen LogP contribution is -2.40. The van der Waals surface area contributed by atoms with Crippen LogP contribution < -0.4 is 10.1 Å². The van der Waals surface area contributed by atoms with Gasteiger partial charge in [-0.2, -0.15) is 15.0 Å². The summed E-state index contributed by atoms with van der Waals surface area (Å²) in [6.07, 6.45) is 2.21. The van der Waals surface area contributed by atoms with Crippen molar-refractivity contribution < 1.29 is 9.47 Å². The van der Waals surface area contributed by atoms with Crippen molar-refractivity contribution in [2.45, 2.75) is 44.9 Å². The zero-order chi connectivity index (χ0) is 13.1. The molecule has 100 valence electrons. The van der Waals surface area contributed by atoms with E-state index in [0.717, 1.165) is 12.8 Å². The van der Waals surface area contributed by atoms with E-state index >= 15 is 0 Å². The van der Waals surface area contributed by atoms with Gasteiger partial charge in [-0.05, 0) is 38.3 Å². The molecule has 0 atom stereocenters. The molecule has 1 saturated carbocycles. The SMILES string of the molecule is COC1CC(Nc2nc(Cl)nc(OC(C)C)n2)C1. The van der Waals surface area contributed by atoms with Crippen molar-refractivity contribution in [2.24, 2.45) is 0 Å². The third kappa shape index (κ3) is 3.43. The van der Waals surface area contributed by atoms with Gasteiger partial charge in [0.15, 0.2) is 0 Å². The molecule has 0 saturated heterocycles. The summed E-state index contributed by atoms with van der Waals surface area (Å²) >= 11 is 5.83. The molecular weight excluding hydrogens is 256 g/mol. The first-order valence-electron chi connectivity index (χ1n) is 5.94. The Morgan fingerprint density at radius 1 is 1.28 bits per heavy atom. The second kappa shape index (κ2) is 5.67. The number of hydrogen-bond acceptors (Lipinski definition) is 6. The Bertz CT molecular complexity index is 410. The van der Waals surface area contributed by atoms with Crippen molar-refractivity contribution in [3.63, 3.8) is 0 Å². The maximum Gasteiger partial charge on any atom is 0.322 e. The van der Waals surface area contributed by atoms with Gasteiger partial charge >= 0.3 is 6.01 Å². The standard InChI is InChI=1S/C11H17ClN4O2/c1-6(2)18-11-15-9(12)14-10(16-11)13-7-4-8(5-7)17-3/h6-8H,4-5H2,1-3H3,(H,13,14,15,16). The van der Waals surface area contributed by atoms with Crippen LogP contribution in [0.1, 0.15) is 26.7 Å². The number of ether oxygens (including phenoxy) is 2. The van der Waals surface area contributed by atoms with Gasteiger partial charge < -0.3 is 14.8 Å². The highest BCUT2D eigenvalue weighted by Gasteiger charge is 2.29. The van der Waals surface area contributed by atoms with E-state index in [0.29, 0.717) is 18.1 Å². The molecule has 2 rings (SSSR count). The summed E-state index contributed by atoms with van der Waals surface area (Å²) in [5.74, 6) is 0.449. The molecule has 1 heterocycles. The summed E-state index contributed by atoms with van der Waals surface area (Å²) in [6, 6.07) is 0.565. The molecule has 0 aromatic carbocycles. The minimum Gasteiger partial charge on any atom is -0.461 e. The number of anilines is 1. The van der Waals surface area contributed by atoms with E-state index in [4.69, 9.17) is 21.1 Å². The zero-order valence-corrected chi connectivity index (χ0v) is 11.4. The summed E-state index contributed by atoms with van der Waals surface area (Å²) in [5.41, 5.74) is 0. The quantitative estimate of drug-likeness (QED) is 0.883. The first-order valence-corrected chi connectivity index (χ1v) is 6.32. The van der Waals surface area contributed by atoms with Gasteiger partial charge in [0.25, 0.3) is 0 Å². The predicted octanol–water partition coefficient (Wildman–Crippen LogP) is 1.90. The van der Waals surface area contributed by atoms with Crippen LogP contribution in [-0.2, 0) is 4.74 Å². The summed E-state index contributed by atoms with van der Waals surface area (Å²) in [7, 11) is 1.72. The van der Waals surface area contributed by atoms with E-state index in [1.807, 2.05) is 13.8 Å². The van der Waals surface area contributed by atoms with Crippen molar-refractivity contribution >= 4 is 17.5 Å². The Morgan fingerprint density at radius 2 is 2.00 bits per heavy atom. The van der Waals surface area contributed by atoms with Crippen molar-refractivity contribution in [2.75, 3.05) is 12.4 Å². The van der Waals surface area contributed by atoms with E-state index in [1.54, 1.807) is 7.11 Å². The number of methoxy groups -OCH3 is 1. The molecule has 7 heteroatoms. The highest BCUT2D eigenvalue weighted by atomic mass is 35.5. The second-order valence-electron chi connectivity index (χ2n) is 4.55. The Morgan fingerprint density at radius 3 is 2.61 bits per heavy atom. The summed E-state index contributed by atoms with van der Waals surface area (Å²) in [5, 5.41) is 3.32. The highest BCUT2D eigenvalue weighted by molar-refractivity contribution is 6.28. The number of nitrogens with zero attached hydrogens (tertiary/aromatic N) is 3. The van der Waals surface area contributed by atoms with Gasteiger partial charge in [0.1, 0.15) is 0 Å². The molecule has 0 radical (unpaired) electrons. The fourth-order valence-corrected chi connectivity index (χ4v) is 1.87. The molecule has 0 spiro atoms. The third-order valence-electron chi connectivity index (χ3n) is 2.69. The van der Waals surface area contributed by atoms with Crippen LogP contribution in [0.15, 0.2) is 0 Å². The van der Waals surface area contributed by atoms with Crippen LogP contribution in [0.2, 0.25) is 5.28 Å². The summed E-state index contributed by atoms with van der Waals surface area (Å²) < 4.78 is 10.6. The normalized spacial score (nSPS) is 22.7. The molecule has 1 aromatic heterocycles. The minimum absolute atomic E-state index is 0.00195. The largest absolute Gasteiger partial charge is 0.461 e. The predicted molar refractivity (Wildman–Crippen MR) is 68.0 cm³/mol. The maximum absolute atomic E-state index is 5.83. The first kappa shape index (κ1) is 13.3. The number of hydrogen-bond donors (Lipinski definition) is 1. The van der Waals surface area contributed by atoms with Gasteiger partial charge in [0.05, 0.1) is 12.2 Å². The average molecular weight is 273 g/mol. The Hall–Kier alpha value is -1.14.